The molecule has 0 aromatic carbocycles. The van der Waals surface area contributed by atoms with Gasteiger partial charge in [0.05, 0.1) is 12.2 Å². The molecule has 1 atom stereocenters. The van der Waals surface area contributed by atoms with E-state index in [1.54, 1.807) is 7.11 Å². The van der Waals surface area contributed by atoms with E-state index in [1.807, 2.05) is 0 Å². The number of methoxy groups -OCH3 is 1. The van der Waals surface area contributed by atoms with Gasteiger partial charge in [-0.25, -0.2) is 0 Å². The van der Waals surface area contributed by atoms with E-state index in [0.29, 0.717) is 0 Å². The number of hydrogen-bond donors (Lipinski definition) is 1. The van der Waals surface area contributed by atoms with Crippen LogP contribution in [0.2, 0.25) is 0 Å². The lowest BCUT2D eigenvalue weighted by Gasteiger charge is -2.28. The molecule has 0 spiro atoms. The lowest BCUT2D eigenvalue weighted by molar-refractivity contribution is -0.0614. The molecule has 2 heteroatoms. The number of aliphatic hydroxyl groups is 1. The summed E-state index contributed by atoms with van der Waals surface area (Å²) in [5.74, 6) is 0. The third-order valence-corrected chi connectivity index (χ3v) is 2.35. The molecule has 0 fully saturated rings. The van der Waals surface area contributed by atoms with Crippen molar-refractivity contribution >= 4 is 0 Å². The van der Waals surface area contributed by atoms with Gasteiger partial charge < -0.3 is 9.84 Å². The maximum atomic E-state index is 9.08. The molecule has 1 unspecified atom stereocenters. The molecule has 0 saturated carbocycles. The summed E-state index contributed by atoms with van der Waals surface area (Å²) >= 11 is 0. The number of aliphatic hydroxyl groups excluding tert-OH is 1. The maximum absolute atomic E-state index is 9.08. The summed E-state index contributed by atoms with van der Waals surface area (Å²) in [6.07, 6.45) is 4.14. The summed E-state index contributed by atoms with van der Waals surface area (Å²) in [7, 11) is 1.68. The topological polar surface area (TPSA) is 29.5 Å². The second-order valence-corrected chi connectivity index (χ2v) is 3.00. The van der Waals surface area contributed by atoms with E-state index >= 15 is 0 Å². The van der Waals surface area contributed by atoms with Crippen molar-refractivity contribution in [3.05, 3.63) is 0 Å². The number of unbranched alkanes of at least 4 members (excludes halogenated alkanes) is 1. The standard InChI is InChI=1S/C9H20O2/c1-4-6-7-9(5-2,8-10)11-3/h10H,4-8H2,1-3H3. The normalized spacial score (nSPS) is 16.4. The molecule has 0 rings (SSSR count). The van der Waals surface area contributed by atoms with Gasteiger partial charge in [0, 0.05) is 7.11 Å². The van der Waals surface area contributed by atoms with Crippen LogP contribution >= 0.6 is 0 Å². The Morgan fingerprint density at radius 3 is 2.27 bits per heavy atom. The van der Waals surface area contributed by atoms with Gasteiger partial charge in [-0.15, -0.1) is 0 Å². The molecule has 0 aliphatic carbocycles. The van der Waals surface area contributed by atoms with Crippen molar-refractivity contribution in [2.24, 2.45) is 0 Å². The van der Waals surface area contributed by atoms with Crippen molar-refractivity contribution in [1.29, 1.82) is 0 Å². The first-order valence-corrected chi connectivity index (χ1v) is 4.40. The van der Waals surface area contributed by atoms with Gasteiger partial charge in [-0.05, 0) is 12.8 Å². The molecule has 68 valence electrons. The summed E-state index contributed by atoms with van der Waals surface area (Å²) < 4.78 is 5.29. The first-order valence-electron chi connectivity index (χ1n) is 4.40. The van der Waals surface area contributed by atoms with E-state index in [-0.39, 0.29) is 12.2 Å². The Morgan fingerprint density at radius 2 is 2.00 bits per heavy atom. The third kappa shape index (κ3) is 3.21. The van der Waals surface area contributed by atoms with E-state index in [4.69, 9.17) is 9.84 Å². The van der Waals surface area contributed by atoms with Crippen molar-refractivity contribution in [3.63, 3.8) is 0 Å². The fraction of sp³-hybridized carbons (Fsp3) is 1.00. The Labute approximate surface area is 69.6 Å². The largest absolute Gasteiger partial charge is 0.393 e. The zero-order valence-corrected chi connectivity index (χ0v) is 7.89. The van der Waals surface area contributed by atoms with E-state index in [1.165, 1.54) is 0 Å². The van der Waals surface area contributed by atoms with Crippen LogP contribution in [0.25, 0.3) is 0 Å². The minimum atomic E-state index is -0.268. The molecular weight excluding hydrogens is 140 g/mol. The van der Waals surface area contributed by atoms with Crippen LogP contribution in [-0.2, 0) is 4.74 Å². The van der Waals surface area contributed by atoms with Crippen molar-refractivity contribution in [2.75, 3.05) is 13.7 Å². The third-order valence-electron chi connectivity index (χ3n) is 2.35. The highest BCUT2D eigenvalue weighted by molar-refractivity contribution is 4.77. The van der Waals surface area contributed by atoms with E-state index in [9.17, 15) is 0 Å². The first-order chi connectivity index (χ1) is 5.24. The van der Waals surface area contributed by atoms with Gasteiger partial charge in [0.15, 0.2) is 0 Å². The second-order valence-electron chi connectivity index (χ2n) is 3.00. The minimum Gasteiger partial charge on any atom is -0.393 e. The molecule has 1 N–H and O–H groups in total. The molecule has 0 aromatic rings. The Hall–Kier alpha value is -0.0800. The summed E-state index contributed by atoms with van der Waals surface area (Å²) in [4.78, 5) is 0. The smallest absolute Gasteiger partial charge is 0.0905 e. The Morgan fingerprint density at radius 1 is 1.36 bits per heavy atom. The lowest BCUT2D eigenvalue weighted by atomic mass is 9.95. The van der Waals surface area contributed by atoms with Crippen LogP contribution in [0.5, 0.6) is 0 Å². The van der Waals surface area contributed by atoms with Crippen LogP contribution in [0.4, 0.5) is 0 Å². The summed E-state index contributed by atoms with van der Waals surface area (Å²) in [5, 5.41) is 9.08. The van der Waals surface area contributed by atoms with Crippen molar-refractivity contribution in [3.8, 4) is 0 Å². The molecule has 0 bridgehead atoms. The molecule has 0 radical (unpaired) electrons. The highest BCUT2D eigenvalue weighted by Crippen LogP contribution is 2.21. The summed E-state index contributed by atoms with van der Waals surface area (Å²) in [6.45, 7) is 4.34. The lowest BCUT2D eigenvalue weighted by Crippen LogP contribution is -2.34. The average Bonchev–Trinajstić information content (AvgIpc) is 2.08. The van der Waals surface area contributed by atoms with Crippen LogP contribution in [0, 0.1) is 0 Å². The SMILES string of the molecule is CCCCC(CC)(CO)OC. The zero-order valence-electron chi connectivity index (χ0n) is 7.89. The van der Waals surface area contributed by atoms with E-state index < -0.39 is 0 Å². The van der Waals surface area contributed by atoms with Crippen molar-refractivity contribution < 1.29 is 9.84 Å². The molecule has 0 aliphatic heterocycles. The molecule has 2 nitrogen and oxygen atoms in total. The predicted molar refractivity (Wildman–Crippen MR) is 46.6 cm³/mol. The van der Waals surface area contributed by atoms with Gasteiger partial charge in [0.1, 0.15) is 0 Å². The predicted octanol–water partition coefficient (Wildman–Crippen LogP) is 1.96. The average molecular weight is 160 g/mol. The van der Waals surface area contributed by atoms with Crippen molar-refractivity contribution in [1.82, 2.24) is 0 Å². The van der Waals surface area contributed by atoms with Crippen molar-refractivity contribution in [2.45, 2.75) is 45.1 Å². The highest BCUT2D eigenvalue weighted by atomic mass is 16.5. The number of hydrogen-bond acceptors (Lipinski definition) is 2. The van der Waals surface area contributed by atoms with Crippen LogP contribution in [-0.4, -0.2) is 24.4 Å². The van der Waals surface area contributed by atoms with Gasteiger partial charge in [0.2, 0.25) is 0 Å². The molecule has 0 saturated heterocycles. The summed E-state index contributed by atoms with van der Waals surface area (Å²) in [6, 6.07) is 0. The summed E-state index contributed by atoms with van der Waals surface area (Å²) in [5.41, 5.74) is -0.268. The second kappa shape index (κ2) is 5.56. The molecule has 0 aromatic heterocycles. The van der Waals surface area contributed by atoms with Crippen LogP contribution < -0.4 is 0 Å². The molecule has 0 aliphatic rings. The van der Waals surface area contributed by atoms with Gasteiger partial charge >= 0.3 is 0 Å². The first kappa shape index (κ1) is 10.9. The van der Waals surface area contributed by atoms with Gasteiger partial charge in [-0.2, -0.15) is 0 Å². The van der Waals surface area contributed by atoms with Gasteiger partial charge in [0.25, 0.3) is 0 Å². The Bertz CT molecular complexity index is 79.3. The van der Waals surface area contributed by atoms with E-state index in [2.05, 4.69) is 13.8 Å². The fourth-order valence-electron chi connectivity index (χ4n) is 1.18. The highest BCUT2D eigenvalue weighted by Gasteiger charge is 2.25. The van der Waals surface area contributed by atoms with Gasteiger partial charge in [-0.3, -0.25) is 0 Å². The molecular formula is C9H20O2. The molecule has 0 amide bonds. The van der Waals surface area contributed by atoms with E-state index in [0.717, 1.165) is 25.7 Å². The zero-order chi connectivity index (χ0) is 8.74. The number of rotatable bonds is 6. The molecule has 0 heterocycles. The van der Waals surface area contributed by atoms with Crippen LogP contribution in [0.15, 0.2) is 0 Å². The minimum absolute atomic E-state index is 0.139. The van der Waals surface area contributed by atoms with Gasteiger partial charge in [-0.1, -0.05) is 26.7 Å². The maximum Gasteiger partial charge on any atom is 0.0905 e. The monoisotopic (exact) mass is 160 g/mol. The van der Waals surface area contributed by atoms with Crippen LogP contribution in [0.1, 0.15) is 39.5 Å². The Kier molecular flexibility index (Phi) is 5.51. The van der Waals surface area contributed by atoms with Crippen LogP contribution in [0.3, 0.4) is 0 Å². The number of ether oxygens (including phenoxy) is 1. The fourth-order valence-corrected chi connectivity index (χ4v) is 1.18. The Balaban J connectivity index is 3.84. The molecule has 11 heavy (non-hydrogen) atoms. The quantitative estimate of drug-likeness (QED) is 0.643.